The van der Waals surface area contributed by atoms with Gasteiger partial charge in [-0.3, -0.25) is 4.79 Å². The first kappa shape index (κ1) is 20.5. The minimum atomic E-state index is -0.716. The number of esters is 1. The summed E-state index contributed by atoms with van der Waals surface area (Å²) in [5.41, 5.74) is 1.22. The number of ether oxygens (including phenoxy) is 2. The fourth-order valence-electron chi connectivity index (χ4n) is 2.32. The topological polar surface area (TPSA) is 64.6 Å². The lowest BCUT2D eigenvalue weighted by Crippen LogP contribution is -2.31. The lowest BCUT2D eigenvalue weighted by Gasteiger charge is -2.15. The van der Waals surface area contributed by atoms with Gasteiger partial charge >= 0.3 is 5.97 Å². The van der Waals surface area contributed by atoms with Crippen LogP contribution < -0.4 is 10.1 Å². The average molecular weight is 392 g/mol. The third-order valence-electron chi connectivity index (χ3n) is 3.68. The molecule has 0 fully saturated rings. The monoisotopic (exact) mass is 391 g/mol. The predicted octanol–water partition coefficient (Wildman–Crippen LogP) is 3.92. The first-order valence-electron chi connectivity index (χ1n) is 8.13. The molecule has 7 heteroatoms. The molecule has 0 aliphatic rings. The molecule has 0 aliphatic heterocycles. The zero-order valence-corrected chi connectivity index (χ0v) is 15.6. The summed E-state index contributed by atoms with van der Waals surface area (Å²) in [7, 11) is 1.36. The van der Waals surface area contributed by atoms with E-state index >= 15 is 0 Å². The highest BCUT2D eigenvalue weighted by Crippen LogP contribution is 2.22. The Hall–Kier alpha value is -2.86. The van der Waals surface area contributed by atoms with Gasteiger partial charge in [-0.2, -0.15) is 0 Å². The van der Waals surface area contributed by atoms with E-state index in [1.54, 1.807) is 31.2 Å². The van der Waals surface area contributed by atoms with E-state index in [0.29, 0.717) is 10.6 Å². The summed E-state index contributed by atoms with van der Waals surface area (Å²) in [5.74, 6) is -1.61. The molecule has 0 spiro atoms. The second kappa shape index (κ2) is 9.73. The van der Waals surface area contributed by atoms with Crippen LogP contribution in [0, 0.1) is 5.82 Å². The lowest BCUT2D eigenvalue weighted by molar-refractivity contribution is -0.144. The molecule has 2 aromatic rings. The molecule has 0 saturated carbocycles. The van der Waals surface area contributed by atoms with Crippen molar-refractivity contribution in [1.82, 2.24) is 5.32 Å². The van der Waals surface area contributed by atoms with E-state index in [1.807, 2.05) is 6.07 Å². The maximum Gasteiger partial charge on any atom is 0.331 e. The smallest absolute Gasteiger partial charge is 0.331 e. The first-order valence-corrected chi connectivity index (χ1v) is 8.50. The fourth-order valence-corrected chi connectivity index (χ4v) is 2.62. The van der Waals surface area contributed by atoms with E-state index in [2.05, 4.69) is 5.32 Å². The van der Waals surface area contributed by atoms with Gasteiger partial charge in [-0.25, -0.2) is 9.18 Å². The first-order chi connectivity index (χ1) is 12.9. The van der Waals surface area contributed by atoms with Crippen LogP contribution in [0.3, 0.4) is 0 Å². The summed E-state index contributed by atoms with van der Waals surface area (Å²) in [6, 6.07) is 11.1. The third-order valence-corrected chi connectivity index (χ3v) is 4.03. The van der Waals surface area contributed by atoms with Crippen molar-refractivity contribution >= 4 is 29.6 Å². The van der Waals surface area contributed by atoms with Crippen LogP contribution in [0.4, 0.5) is 4.39 Å². The number of nitrogens with one attached hydrogen (secondary N) is 1. The van der Waals surface area contributed by atoms with Gasteiger partial charge in [0.15, 0.2) is 18.2 Å². The van der Waals surface area contributed by atoms with Gasteiger partial charge in [0.05, 0.1) is 13.2 Å². The molecule has 0 saturated heterocycles. The largest absolute Gasteiger partial charge is 0.494 e. The van der Waals surface area contributed by atoms with Crippen molar-refractivity contribution in [2.45, 2.75) is 13.0 Å². The minimum Gasteiger partial charge on any atom is -0.494 e. The summed E-state index contributed by atoms with van der Waals surface area (Å²) in [6.45, 7) is 1.34. The molecule has 0 radical (unpaired) electrons. The summed E-state index contributed by atoms with van der Waals surface area (Å²) < 4.78 is 23.3. The molecule has 1 atom stereocenters. The third kappa shape index (κ3) is 6.11. The van der Waals surface area contributed by atoms with E-state index < -0.39 is 24.3 Å². The van der Waals surface area contributed by atoms with Gasteiger partial charge in [0.25, 0.3) is 5.91 Å². The fraction of sp³-hybridized carbons (Fsp3) is 0.200. The lowest BCUT2D eigenvalue weighted by atomic mass is 10.1. The molecule has 27 heavy (non-hydrogen) atoms. The molecule has 2 rings (SSSR count). The SMILES string of the molecule is COc1ccc(/C=C/C(=O)OCC(=O)N[C@@H](C)c2ccccc2Cl)cc1F. The molecular formula is C20H19ClFNO4. The second-order valence-corrected chi connectivity index (χ2v) is 6.05. The molecule has 0 heterocycles. The van der Waals surface area contributed by atoms with E-state index in [-0.39, 0.29) is 11.8 Å². The molecule has 1 N–H and O–H groups in total. The summed E-state index contributed by atoms with van der Waals surface area (Å²) in [6.07, 6.45) is 2.50. The van der Waals surface area contributed by atoms with Crippen molar-refractivity contribution in [1.29, 1.82) is 0 Å². The number of rotatable bonds is 7. The van der Waals surface area contributed by atoms with E-state index in [4.69, 9.17) is 21.1 Å². The Morgan fingerprint density at radius 1 is 1.26 bits per heavy atom. The molecule has 0 aliphatic carbocycles. The van der Waals surface area contributed by atoms with Crippen molar-refractivity contribution in [3.05, 3.63) is 70.5 Å². The number of methoxy groups -OCH3 is 1. The van der Waals surface area contributed by atoms with Crippen LogP contribution in [0.5, 0.6) is 5.75 Å². The Balaban J connectivity index is 1.83. The Morgan fingerprint density at radius 3 is 2.67 bits per heavy atom. The Kier molecular flexibility index (Phi) is 7.37. The Morgan fingerprint density at radius 2 is 2.00 bits per heavy atom. The van der Waals surface area contributed by atoms with Crippen LogP contribution in [-0.2, 0) is 14.3 Å². The molecule has 0 unspecified atom stereocenters. The number of amides is 1. The van der Waals surface area contributed by atoms with Crippen molar-refractivity contribution in [3.63, 3.8) is 0 Å². The van der Waals surface area contributed by atoms with Gasteiger partial charge in [0.2, 0.25) is 0 Å². The van der Waals surface area contributed by atoms with Crippen LogP contribution >= 0.6 is 11.6 Å². The zero-order valence-electron chi connectivity index (χ0n) is 14.9. The predicted molar refractivity (Wildman–Crippen MR) is 101 cm³/mol. The van der Waals surface area contributed by atoms with Crippen LogP contribution in [0.2, 0.25) is 5.02 Å². The maximum absolute atomic E-state index is 13.6. The summed E-state index contributed by atoms with van der Waals surface area (Å²) in [4.78, 5) is 23.6. The quantitative estimate of drug-likeness (QED) is 0.574. The highest BCUT2D eigenvalue weighted by atomic mass is 35.5. The maximum atomic E-state index is 13.6. The standard InChI is InChI=1S/C20H19ClFNO4/c1-13(15-5-3-4-6-16(15)21)23-19(24)12-27-20(25)10-8-14-7-9-18(26-2)17(22)11-14/h3-11,13H,12H2,1-2H3,(H,23,24)/b10-8+/t13-/m0/s1. The van der Waals surface area contributed by atoms with Crippen LogP contribution in [0.1, 0.15) is 24.1 Å². The molecule has 0 aromatic heterocycles. The molecule has 142 valence electrons. The van der Waals surface area contributed by atoms with Gasteiger partial charge < -0.3 is 14.8 Å². The Bertz CT molecular complexity index is 854. The van der Waals surface area contributed by atoms with Crippen LogP contribution in [-0.4, -0.2) is 25.6 Å². The van der Waals surface area contributed by atoms with E-state index in [1.165, 1.54) is 25.3 Å². The van der Waals surface area contributed by atoms with Crippen molar-refractivity contribution < 1.29 is 23.5 Å². The highest BCUT2D eigenvalue weighted by molar-refractivity contribution is 6.31. The number of halogens is 2. The summed E-state index contributed by atoms with van der Waals surface area (Å²) in [5, 5.41) is 3.24. The van der Waals surface area contributed by atoms with Crippen LogP contribution in [0.25, 0.3) is 6.08 Å². The van der Waals surface area contributed by atoms with Gasteiger partial charge in [0.1, 0.15) is 0 Å². The molecule has 5 nitrogen and oxygen atoms in total. The Labute approximate surface area is 161 Å². The number of carbonyl (C=O) groups excluding carboxylic acids is 2. The number of hydrogen-bond donors (Lipinski definition) is 1. The van der Waals surface area contributed by atoms with Gasteiger partial charge in [-0.1, -0.05) is 35.9 Å². The highest BCUT2D eigenvalue weighted by Gasteiger charge is 2.13. The molecular weight excluding hydrogens is 373 g/mol. The van der Waals surface area contributed by atoms with Crippen LogP contribution in [0.15, 0.2) is 48.5 Å². The molecule has 2 aromatic carbocycles. The van der Waals surface area contributed by atoms with Crippen molar-refractivity contribution in [2.75, 3.05) is 13.7 Å². The molecule has 0 bridgehead atoms. The van der Waals surface area contributed by atoms with Crippen molar-refractivity contribution in [3.8, 4) is 5.75 Å². The number of carbonyl (C=O) groups is 2. The van der Waals surface area contributed by atoms with Gasteiger partial charge in [-0.15, -0.1) is 0 Å². The minimum absolute atomic E-state index is 0.110. The summed E-state index contributed by atoms with van der Waals surface area (Å²) >= 11 is 6.08. The van der Waals surface area contributed by atoms with E-state index in [9.17, 15) is 14.0 Å². The second-order valence-electron chi connectivity index (χ2n) is 5.65. The average Bonchev–Trinajstić information content (AvgIpc) is 2.65. The van der Waals surface area contributed by atoms with Gasteiger partial charge in [-0.05, 0) is 42.3 Å². The normalized spacial score (nSPS) is 11.9. The van der Waals surface area contributed by atoms with E-state index in [0.717, 1.165) is 11.6 Å². The number of benzene rings is 2. The molecule has 1 amide bonds. The number of hydrogen-bond acceptors (Lipinski definition) is 4. The van der Waals surface area contributed by atoms with Gasteiger partial charge in [0, 0.05) is 11.1 Å². The van der Waals surface area contributed by atoms with Crippen molar-refractivity contribution in [2.24, 2.45) is 0 Å². The zero-order chi connectivity index (χ0) is 19.8.